The van der Waals surface area contributed by atoms with Gasteiger partial charge in [-0.1, -0.05) is 6.07 Å². The lowest BCUT2D eigenvalue weighted by Gasteiger charge is -2.37. The number of rotatable bonds is 5. The van der Waals surface area contributed by atoms with Crippen LogP contribution in [0.5, 0.6) is 0 Å². The average molecular weight is 488 g/mol. The Morgan fingerprint density at radius 2 is 1.81 bits per heavy atom. The molecule has 0 saturated carbocycles. The highest BCUT2D eigenvalue weighted by atomic mass is 16.5. The summed E-state index contributed by atoms with van der Waals surface area (Å²) in [6.07, 6.45) is 5.74. The van der Waals surface area contributed by atoms with Crippen molar-refractivity contribution < 1.29 is 9.84 Å². The van der Waals surface area contributed by atoms with Crippen molar-refractivity contribution in [1.82, 2.24) is 29.2 Å². The van der Waals surface area contributed by atoms with E-state index in [0.29, 0.717) is 25.0 Å². The van der Waals surface area contributed by atoms with Crippen molar-refractivity contribution in [3.05, 3.63) is 48.4 Å². The van der Waals surface area contributed by atoms with Crippen LogP contribution in [0.15, 0.2) is 42.7 Å². The highest BCUT2D eigenvalue weighted by Gasteiger charge is 2.30. The Balaban J connectivity index is 1.35. The average Bonchev–Trinajstić information content (AvgIpc) is 3.38. The summed E-state index contributed by atoms with van der Waals surface area (Å²) in [7, 11) is 0. The fourth-order valence-corrected chi connectivity index (χ4v) is 5.39. The van der Waals surface area contributed by atoms with Gasteiger partial charge in [-0.2, -0.15) is 0 Å². The van der Waals surface area contributed by atoms with Gasteiger partial charge in [0.1, 0.15) is 11.2 Å². The van der Waals surface area contributed by atoms with Crippen molar-refractivity contribution in [2.45, 2.75) is 38.8 Å². The monoisotopic (exact) mass is 487 g/mol. The van der Waals surface area contributed by atoms with Crippen LogP contribution < -0.4 is 4.90 Å². The van der Waals surface area contributed by atoms with Crippen molar-refractivity contribution in [2.24, 2.45) is 5.92 Å². The predicted octanol–water partition coefficient (Wildman–Crippen LogP) is 3.16. The van der Waals surface area contributed by atoms with Gasteiger partial charge >= 0.3 is 0 Å². The Bertz CT molecular complexity index is 1370. The number of morpholine rings is 1. The molecule has 9 heteroatoms. The molecule has 4 aromatic rings. The van der Waals surface area contributed by atoms with Gasteiger partial charge in [0.05, 0.1) is 35.7 Å². The van der Waals surface area contributed by atoms with Crippen LogP contribution in [0.4, 0.5) is 5.82 Å². The molecule has 0 aromatic carbocycles. The van der Waals surface area contributed by atoms with Crippen molar-refractivity contribution in [2.75, 3.05) is 44.3 Å². The molecule has 9 nitrogen and oxygen atoms in total. The molecular weight excluding hydrogens is 454 g/mol. The number of piperidine rings is 1. The fraction of sp³-hybridized carbons (Fsp3) is 0.481. The number of anilines is 1. The number of hydrogen-bond donors (Lipinski definition) is 1. The first-order valence-electron chi connectivity index (χ1n) is 12.8. The van der Waals surface area contributed by atoms with Crippen LogP contribution in [0.25, 0.3) is 28.2 Å². The molecular formula is C27H33N7O2. The van der Waals surface area contributed by atoms with E-state index < -0.39 is 5.60 Å². The van der Waals surface area contributed by atoms with E-state index in [1.807, 2.05) is 42.6 Å². The van der Waals surface area contributed by atoms with Crippen LogP contribution in [-0.2, 0) is 11.3 Å². The number of imidazole rings is 1. The van der Waals surface area contributed by atoms with Gasteiger partial charge in [-0.15, -0.1) is 0 Å². The first-order valence-corrected chi connectivity index (χ1v) is 12.8. The number of ether oxygens (including phenoxy) is 1. The third kappa shape index (κ3) is 4.54. The van der Waals surface area contributed by atoms with E-state index in [9.17, 15) is 5.11 Å². The topological polar surface area (TPSA) is 91.9 Å². The first kappa shape index (κ1) is 23.3. The van der Waals surface area contributed by atoms with Crippen molar-refractivity contribution >= 4 is 22.5 Å². The van der Waals surface area contributed by atoms with Crippen LogP contribution in [0.2, 0.25) is 0 Å². The molecule has 188 valence electrons. The number of likely N-dealkylation sites (tertiary alicyclic amines) is 1. The van der Waals surface area contributed by atoms with E-state index in [1.165, 1.54) is 0 Å². The Morgan fingerprint density at radius 3 is 2.58 bits per heavy atom. The maximum atomic E-state index is 10.4. The van der Waals surface area contributed by atoms with E-state index in [4.69, 9.17) is 19.7 Å². The van der Waals surface area contributed by atoms with E-state index >= 15 is 0 Å². The minimum absolute atomic E-state index is 0.345. The summed E-state index contributed by atoms with van der Waals surface area (Å²) in [6.45, 7) is 9.47. The summed E-state index contributed by atoms with van der Waals surface area (Å²) in [4.78, 5) is 24.2. The second-order valence-corrected chi connectivity index (χ2v) is 10.4. The minimum Gasteiger partial charge on any atom is -0.390 e. The van der Waals surface area contributed by atoms with Crippen LogP contribution in [-0.4, -0.2) is 79.3 Å². The molecule has 2 aliphatic rings. The normalized spacial score (nSPS) is 18.4. The second-order valence-electron chi connectivity index (χ2n) is 10.4. The number of hydrogen-bond acceptors (Lipinski definition) is 8. The molecule has 2 aliphatic heterocycles. The van der Waals surface area contributed by atoms with Gasteiger partial charge in [0, 0.05) is 32.0 Å². The molecule has 6 rings (SSSR count). The van der Waals surface area contributed by atoms with Crippen molar-refractivity contribution in [3.8, 4) is 11.5 Å². The molecule has 0 radical (unpaired) electrons. The van der Waals surface area contributed by atoms with Crippen LogP contribution in [0, 0.1) is 5.92 Å². The van der Waals surface area contributed by atoms with Crippen molar-refractivity contribution in [1.29, 1.82) is 0 Å². The van der Waals surface area contributed by atoms with Crippen LogP contribution in [0.1, 0.15) is 32.4 Å². The van der Waals surface area contributed by atoms with Crippen LogP contribution in [0.3, 0.4) is 0 Å². The molecule has 6 heterocycles. The highest BCUT2D eigenvalue weighted by molar-refractivity contribution is 5.87. The largest absolute Gasteiger partial charge is 0.390 e. The van der Waals surface area contributed by atoms with Crippen LogP contribution >= 0.6 is 0 Å². The van der Waals surface area contributed by atoms with E-state index in [0.717, 1.165) is 79.5 Å². The maximum absolute atomic E-state index is 10.4. The summed E-state index contributed by atoms with van der Waals surface area (Å²) in [5.74, 6) is 1.87. The fourth-order valence-electron chi connectivity index (χ4n) is 5.39. The molecule has 2 fully saturated rings. The Hall–Kier alpha value is -3.14. The SMILES string of the molecule is CC(C)(O)C1CCN(Cc2ccc3nc(-c4cccc5nccn45)nc(N4CCOCC4)c3n2)CC1. The number of nitrogens with zero attached hydrogens (tertiary/aromatic N) is 7. The Morgan fingerprint density at radius 1 is 1.00 bits per heavy atom. The quantitative estimate of drug-likeness (QED) is 0.459. The summed E-state index contributed by atoms with van der Waals surface area (Å²) in [5.41, 5.74) is 3.85. The smallest absolute Gasteiger partial charge is 0.179 e. The third-order valence-corrected chi connectivity index (χ3v) is 7.52. The number of aliphatic hydroxyl groups is 1. The van der Waals surface area contributed by atoms with Gasteiger partial charge in [0.15, 0.2) is 11.6 Å². The zero-order valence-corrected chi connectivity index (χ0v) is 21.0. The van der Waals surface area contributed by atoms with E-state index in [1.54, 1.807) is 6.20 Å². The zero-order valence-electron chi connectivity index (χ0n) is 21.0. The highest BCUT2D eigenvalue weighted by Crippen LogP contribution is 2.30. The summed E-state index contributed by atoms with van der Waals surface area (Å²) in [6, 6.07) is 10.2. The lowest BCUT2D eigenvalue weighted by Crippen LogP contribution is -2.41. The number of pyridine rings is 2. The first-order chi connectivity index (χ1) is 17.5. The molecule has 1 N–H and O–H groups in total. The van der Waals surface area contributed by atoms with Gasteiger partial charge in [-0.3, -0.25) is 9.30 Å². The molecule has 0 aliphatic carbocycles. The van der Waals surface area contributed by atoms with Gasteiger partial charge < -0.3 is 14.7 Å². The van der Waals surface area contributed by atoms with E-state index in [2.05, 4.69) is 26.9 Å². The number of aromatic nitrogens is 5. The maximum Gasteiger partial charge on any atom is 0.179 e. The molecule has 4 aromatic heterocycles. The Kier molecular flexibility index (Phi) is 6.07. The van der Waals surface area contributed by atoms with E-state index in [-0.39, 0.29) is 0 Å². The summed E-state index contributed by atoms with van der Waals surface area (Å²) < 4.78 is 7.63. The molecule has 2 saturated heterocycles. The minimum atomic E-state index is -0.615. The molecule has 0 amide bonds. The lowest BCUT2D eigenvalue weighted by molar-refractivity contribution is -0.0137. The predicted molar refractivity (Wildman–Crippen MR) is 139 cm³/mol. The molecule has 0 unspecified atom stereocenters. The zero-order chi connectivity index (χ0) is 24.7. The van der Waals surface area contributed by atoms with Gasteiger partial charge in [-0.25, -0.2) is 19.9 Å². The second kappa shape index (κ2) is 9.38. The number of fused-ring (bicyclic) bond motifs is 2. The van der Waals surface area contributed by atoms with Crippen molar-refractivity contribution in [3.63, 3.8) is 0 Å². The third-order valence-electron chi connectivity index (χ3n) is 7.52. The van der Waals surface area contributed by atoms with Gasteiger partial charge in [-0.05, 0) is 70.0 Å². The van der Waals surface area contributed by atoms with Gasteiger partial charge in [0.2, 0.25) is 0 Å². The summed E-state index contributed by atoms with van der Waals surface area (Å²) in [5, 5.41) is 10.4. The molecule has 36 heavy (non-hydrogen) atoms. The Labute approximate surface area is 210 Å². The molecule has 0 bridgehead atoms. The molecule has 0 atom stereocenters. The van der Waals surface area contributed by atoms with Gasteiger partial charge in [0.25, 0.3) is 0 Å². The molecule has 0 spiro atoms. The summed E-state index contributed by atoms with van der Waals surface area (Å²) >= 11 is 0. The lowest BCUT2D eigenvalue weighted by atomic mass is 9.83. The standard InChI is InChI=1S/C27H33N7O2/c1-27(2,35)19-8-11-32(12-9-19)18-20-6-7-21-24(29-20)26(33-14-16-36-17-15-33)31-25(30-21)22-4-3-5-23-28-10-13-34(22)23/h3-7,10,13,19,35H,8-9,11-12,14-18H2,1-2H3.